The number of ketones is 1. The molecule has 0 spiro atoms. The van der Waals surface area contributed by atoms with Crippen LogP contribution < -0.4 is 10.6 Å². The Bertz CT molecular complexity index is 1350. The maximum atomic E-state index is 14.8. The summed E-state index contributed by atoms with van der Waals surface area (Å²) in [5.74, 6) is -1.12. The third-order valence-electron chi connectivity index (χ3n) is 7.38. The lowest BCUT2D eigenvalue weighted by Gasteiger charge is -2.29. The molecule has 2 aromatic rings. The van der Waals surface area contributed by atoms with Crippen molar-refractivity contribution in [3.8, 4) is 0 Å². The standard InChI is InChI=1S/C31H37BrFN5O4/c1-31(2,3)42-30(41)34-17-20-4-8-21(9-5-20)27(39)15-22(14-19-6-10-23(32)11-7-19)29(40)37-24-12-13-25(26(33)16-24)28-35-18-36-38-28/h6-7,10-13,16,20-22H,4-5,8-9,14-15,17-18H2,1-3H3,(H,34,41)(H,37,40)/t20?,21?,22-/m1/s1. The van der Waals surface area contributed by atoms with Crippen LogP contribution in [0.15, 0.2) is 62.2 Å². The van der Waals surface area contributed by atoms with E-state index in [2.05, 4.69) is 41.8 Å². The van der Waals surface area contributed by atoms with Crippen LogP contribution in [0.2, 0.25) is 0 Å². The average Bonchev–Trinajstić information content (AvgIpc) is 3.47. The van der Waals surface area contributed by atoms with Crippen LogP contribution >= 0.6 is 15.9 Å². The molecule has 1 saturated carbocycles. The molecule has 1 heterocycles. The van der Waals surface area contributed by atoms with Gasteiger partial charge >= 0.3 is 6.09 Å². The van der Waals surface area contributed by atoms with Crippen molar-refractivity contribution in [2.45, 2.75) is 64.9 Å². The lowest BCUT2D eigenvalue weighted by Crippen LogP contribution is -2.37. The number of hydrogen-bond donors (Lipinski definition) is 2. The van der Waals surface area contributed by atoms with E-state index < -0.39 is 23.4 Å². The van der Waals surface area contributed by atoms with Crippen LogP contribution in [-0.2, 0) is 20.7 Å². The summed E-state index contributed by atoms with van der Waals surface area (Å²) in [7, 11) is 0. The number of rotatable bonds is 10. The highest BCUT2D eigenvalue weighted by atomic mass is 79.9. The number of ether oxygens (including phenoxy) is 1. The average molecular weight is 643 g/mol. The van der Waals surface area contributed by atoms with Gasteiger partial charge in [-0.15, -0.1) is 5.11 Å². The number of benzene rings is 2. The second kappa shape index (κ2) is 14.1. The molecule has 0 radical (unpaired) electrons. The Morgan fingerprint density at radius 3 is 2.40 bits per heavy atom. The number of anilines is 1. The van der Waals surface area contributed by atoms with Crippen molar-refractivity contribution in [2.75, 3.05) is 18.5 Å². The summed E-state index contributed by atoms with van der Waals surface area (Å²) >= 11 is 3.43. The summed E-state index contributed by atoms with van der Waals surface area (Å²) in [6.07, 6.45) is 3.07. The van der Waals surface area contributed by atoms with Gasteiger partial charge in [0.2, 0.25) is 5.91 Å². The van der Waals surface area contributed by atoms with Crippen molar-refractivity contribution in [3.05, 3.63) is 63.9 Å². The van der Waals surface area contributed by atoms with Crippen LogP contribution in [0, 0.1) is 23.6 Å². The smallest absolute Gasteiger partial charge is 0.407 e. The largest absolute Gasteiger partial charge is 0.444 e. The summed E-state index contributed by atoms with van der Waals surface area (Å²) in [5.41, 5.74) is 0.882. The number of aliphatic imine (C=N–C) groups is 1. The molecule has 1 fully saturated rings. The Labute approximate surface area is 253 Å². The Balaban J connectivity index is 1.36. The lowest BCUT2D eigenvalue weighted by molar-refractivity contribution is -0.129. The highest BCUT2D eigenvalue weighted by Crippen LogP contribution is 2.31. The predicted molar refractivity (Wildman–Crippen MR) is 162 cm³/mol. The summed E-state index contributed by atoms with van der Waals surface area (Å²) < 4.78 is 21.0. The van der Waals surface area contributed by atoms with Crippen molar-refractivity contribution >= 4 is 45.2 Å². The number of nitrogens with one attached hydrogen (secondary N) is 2. The van der Waals surface area contributed by atoms with E-state index in [9.17, 15) is 18.8 Å². The lowest BCUT2D eigenvalue weighted by atomic mass is 9.77. The molecule has 42 heavy (non-hydrogen) atoms. The van der Waals surface area contributed by atoms with Gasteiger partial charge < -0.3 is 15.4 Å². The molecule has 0 bridgehead atoms. The molecular weight excluding hydrogens is 605 g/mol. The number of nitrogens with zero attached hydrogens (tertiary/aromatic N) is 3. The topological polar surface area (TPSA) is 122 Å². The number of Topliss-reactive ketones (excluding diaryl/α,β-unsaturated/α-hetero) is 1. The van der Waals surface area contributed by atoms with Crippen molar-refractivity contribution in [2.24, 2.45) is 33.0 Å². The van der Waals surface area contributed by atoms with Crippen molar-refractivity contribution in [3.63, 3.8) is 0 Å². The molecule has 2 N–H and O–H groups in total. The minimum absolute atomic E-state index is 0.0527. The fourth-order valence-corrected chi connectivity index (χ4v) is 5.45. The number of hydrogen-bond acceptors (Lipinski definition) is 7. The number of halogens is 2. The normalized spacial score (nSPS) is 19.1. The van der Waals surface area contributed by atoms with Crippen LogP contribution in [0.25, 0.3) is 0 Å². The van der Waals surface area contributed by atoms with Crippen LogP contribution in [0.4, 0.5) is 14.9 Å². The second-order valence-electron chi connectivity index (χ2n) is 11.8. The molecule has 1 aliphatic heterocycles. The molecule has 9 nitrogen and oxygen atoms in total. The molecule has 4 rings (SSSR count). The molecule has 11 heteroatoms. The molecule has 224 valence electrons. The van der Waals surface area contributed by atoms with E-state index in [1.165, 1.54) is 12.1 Å². The van der Waals surface area contributed by atoms with Gasteiger partial charge in [-0.2, -0.15) is 5.11 Å². The summed E-state index contributed by atoms with van der Waals surface area (Å²) in [6.45, 7) is 6.14. The van der Waals surface area contributed by atoms with Crippen LogP contribution in [0.1, 0.15) is 64.0 Å². The highest BCUT2D eigenvalue weighted by Gasteiger charge is 2.31. The maximum Gasteiger partial charge on any atom is 0.407 e. The van der Waals surface area contributed by atoms with E-state index in [0.717, 1.165) is 22.9 Å². The van der Waals surface area contributed by atoms with Gasteiger partial charge in [0.15, 0.2) is 12.5 Å². The molecule has 0 unspecified atom stereocenters. The van der Waals surface area contributed by atoms with Crippen LogP contribution in [-0.4, -0.2) is 42.4 Å². The van der Waals surface area contributed by atoms with E-state index >= 15 is 0 Å². The summed E-state index contributed by atoms with van der Waals surface area (Å²) in [5, 5.41) is 13.2. The van der Waals surface area contributed by atoms with Crippen molar-refractivity contribution in [1.82, 2.24) is 5.32 Å². The third kappa shape index (κ3) is 9.27. The van der Waals surface area contributed by atoms with Gasteiger partial charge in [0.1, 0.15) is 17.2 Å². The quantitative estimate of drug-likeness (QED) is 0.295. The molecule has 1 atom stereocenters. The van der Waals surface area contributed by atoms with Gasteiger partial charge in [-0.05, 0) is 94.7 Å². The zero-order valence-corrected chi connectivity index (χ0v) is 25.7. The van der Waals surface area contributed by atoms with Crippen molar-refractivity contribution in [1.29, 1.82) is 0 Å². The van der Waals surface area contributed by atoms with Crippen molar-refractivity contribution < 1.29 is 23.5 Å². The Hall–Kier alpha value is -3.47. The van der Waals surface area contributed by atoms with Gasteiger partial charge in [0, 0.05) is 35.0 Å². The monoisotopic (exact) mass is 641 g/mol. The highest BCUT2D eigenvalue weighted by molar-refractivity contribution is 9.10. The molecule has 2 aromatic carbocycles. The molecule has 2 aliphatic rings. The molecule has 0 aromatic heterocycles. The van der Waals surface area contributed by atoms with E-state index in [1.807, 2.05) is 45.0 Å². The third-order valence-corrected chi connectivity index (χ3v) is 7.91. The number of azo groups is 1. The zero-order valence-electron chi connectivity index (χ0n) is 24.2. The summed E-state index contributed by atoms with van der Waals surface area (Å²) in [6, 6.07) is 12.0. The SMILES string of the molecule is CC(C)(C)OC(=O)NCC1CCC(C(=O)C[C@@H](Cc2ccc(Br)cc2)C(=O)Nc2ccc(C3=NCN=N3)c(F)c2)CC1. The number of amides is 2. The van der Waals surface area contributed by atoms with Crippen LogP contribution in [0.5, 0.6) is 0 Å². The van der Waals surface area contributed by atoms with Gasteiger partial charge in [0.05, 0.1) is 5.56 Å². The molecule has 0 saturated heterocycles. The van der Waals surface area contributed by atoms with E-state index in [1.54, 1.807) is 6.07 Å². The fraction of sp³-hybridized carbons (Fsp3) is 0.484. The van der Waals surface area contributed by atoms with E-state index in [-0.39, 0.29) is 48.0 Å². The molecule has 2 amide bonds. The number of alkyl carbamates (subject to hydrolysis) is 1. The maximum absolute atomic E-state index is 14.8. The Morgan fingerprint density at radius 2 is 1.79 bits per heavy atom. The van der Waals surface area contributed by atoms with E-state index in [0.29, 0.717) is 31.5 Å². The Kier molecular flexibility index (Phi) is 10.6. The first-order chi connectivity index (χ1) is 20.0. The number of amidine groups is 1. The minimum atomic E-state index is -0.624. The number of carbonyl (C=O) groups is 3. The summed E-state index contributed by atoms with van der Waals surface area (Å²) in [4.78, 5) is 42.9. The van der Waals surface area contributed by atoms with Gasteiger partial charge in [0.25, 0.3) is 0 Å². The first kappa shape index (κ1) is 31.5. The second-order valence-corrected chi connectivity index (χ2v) is 12.8. The van der Waals surface area contributed by atoms with Crippen LogP contribution in [0.3, 0.4) is 0 Å². The minimum Gasteiger partial charge on any atom is -0.444 e. The van der Waals surface area contributed by atoms with Gasteiger partial charge in [-0.1, -0.05) is 28.1 Å². The first-order valence-electron chi connectivity index (χ1n) is 14.2. The zero-order chi connectivity index (χ0) is 30.3. The van der Waals surface area contributed by atoms with Gasteiger partial charge in [-0.25, -0.2) is 14.2 Å². The van der Waals surface area contributed by atoms with E-state index in [4.69, 9.17) is 4.74 Å². The number of carbonyl (C=O) groups excluding carboxylic acids is 3. The molecule has 1 aliphatic carbocycles. The van der Waals surface area contributed by atoms with Gasteiger partial charge in [-0.3, -0.25) is 9.59 Å². The first-order valence-corrected chi connectivity index (χ1v) is 15.0. The Morgan fingerprint density at radius 1 is 1.07 bits per heavy atom. The predicted octanol–water partition coefficient (Wildman–Crippen LogP) is 6.85. The molecular formula is C31H37BrFN5O4. The fourth-order valence-electron chi connectivity index (χ4n) is 5.19.